The van der Waals surface area contributed by atoms with E-state index in [-0.39, 0.29) is 6.54 Å². The monoisotopic (exact) mass is 422 g/mol. The van der Waals surface area contributed by atoms with Crippen LogP contribution in [0.4, 0.5) is 8.78 Å². The summed E-state index contributed by atoms with van der Waals surface area (Å²) >= 11 is 1.27. The molecule has 0 saturated heterocycles. The Labute approximate surface area is 174 Å². The van der Waals surface area contributed by atoms with Crippen LogP contribution >= 0.6 is 11.3 Å². The average molecular weight is 422 g/mol. The minimum Gasteiger partial charge on any atom is -0.269 e. The lowest BCUT2D eigenvalue weighted by Crippen LogP contribution is -2.38. The Hall–Kier alpha value is -3.50. The largest absolute Gasteiger partial charge is 0.336 e. The van der Waals surface area contributed by atoms with Crippen molar-refractivity contribution in [3.63, 3.8) is 0 Å². The van der Waals surface area contributed by atoms with Gasteiger partial charge >= 0.3 is 5.69 Å². The van der Waals surface area contributed by atoms with Gasteiger partial charge in [-0.1, -0.05) is 48.2 Å². The zero-order valence-corrected chi connectivity index (χ0v) is 16.8. The molecule has 2 heterocycles. The minimum atomic E-state index is -1.02. The highest BCUT2D eigenvalue weighted by atomic mass is 32.1. The molecule has 0 fully saturated rings. The Bertz CT molecular complexity index is 1420. The Morgan fingerprint density at radius 2 is 1.77 bits per heavy atom. The summed E-state index contributed by atoms with van der Waals surface area (Å²) in [6.07, 6.45) is 2.18. The molecule has 7 heteroatoms. The lowest BCUT2D eigenvalue weighted by molar-refractivity contribution is 0.506. The van der Waals surface area contributed by atoms with E-state index < -0.39 is 22.9 Å². The maximum Gasteiger partial charge on any atom is 0.336 e. The molecular formula is C23H16F2N2O2S. The minimum absolute atomic E-state index is 0.149. The molecule has 30 heavy (non-hydrogen) atoms. The van der Waals surface area contributed by atoms with Gasteiger partial charge in [-0.15, -0.1) is 11.3 Å². The Morgan fingerprint density at radius 1 is 1.00 bits per heavy atom. The summed E-state index contributed by atoms with van der Waals surface area (Å²) in [7, 11) is 0. The third-order valence-corrected chi connectivity index (χ3v) is 5.79. The van der Waals surface area contributed by atoms with Crippen LogP contribution in [-0.2, 0) is 13.0 Å². The summed E-state index contributed by atoms with van der Waals surface area (Å²) in [6, 6.07) is 13.1. The molecule has 0 spiro atoms. The highest BCUT2D eigenvalue weighted by Crippen LogP contribution is 2.17. The molecule has 150 valence electrons. The van der Waals surface area contributed by atoms with Crippen molar-refractivity contribution < 1.29 is 8.78 Å². The zero-order chi connectivity index (χ0) is 21.3. The zero-order valence-electron chi connectivity index (χ0n) is 16.0. The van der Waals surface area contributed by atoms with Crippen molar-refractivity contribution in [3.8, 4) is 11.8 Å². The van der Waals surface area contributed by atoms with Crippen molar-refractivity contribution in [1.82, 2.24) is 8.97 Å². The Morgan fingerprint density at radius 3 is 2.50 bits per heavy atom. The average Bonchev–Trinajstić information content (AvgIpc) is 3.17. The number of thiazole rings is 1. The molecule has 0 atom stereocenters. The third kappa shape index (κ3) is 3.82. The first-order chi connectivity index (χ1) is 14.4. The van der Waals surface area contributed by atoms with Crippen LogP contribution in [0.15, 0.2) is 64.3 Å². The number of hydrogen-bond acceptors (Lipinski definition) is 3. The molecule has 0 aliphatic heterocycles. The van der Waals surface area contributed by atoms with Gasteiger partial charge in [0.1, 0.15) is 4.83 Å². The van der Waals surface area contributed by atoms with Gasteiger partial charge in [-0.25, -0.2) is 13.6 Å². The molecule has 0 unspecified atom stereocenters. The third-order valence-electron chi connectivity index (χ3n) is 4.67. The second-order valence-corrected chi connectivity index (χ2v) is 7.81. The summed E-state index contributed by atoms with van der Waals surface area (Å²) in [5.41, 5.74) is 0.808. The van der Waals surface area contributed by atoms with Crippen LogP contribution in [0, 0.1) is 30.4 Å². The van der Waals surface area contributed by atoms with Crippen molar-refractivity contribution >= 4 is 16.2 Å². The van der Waals surface area contributed by atoms with Crippen LogP contribution in [0.2, 0.25) is 0 Å². The smallest absolute Gasteiger partial charge is 0.269 e. The maximum absolute atomic E-state index is 13.5. The highest BCUT2D eigenvalue weighted by molar-refractivity contribution is 7.18. The van der Waals surface area contributed by atoms with Crippen molar-refractivity contribution in [2.75, 3.05) is 0 Å². The maximum atomic E-state index is 13.5. The molecule has 4 aromatic rings. The van der Waals surface area contributed by atoms with Crippen LogP contribution in [-0.4, -0.2) is 8.97 Å². The second kappa shape index (κ2) is 8.09. The second-order valence-electron chi connectivity index (χ2n) is 6.78. The molecule has 4 rings (SSSR count). The number of aromatic nitrogens is 2. The fourth-order valence-electron chi connectivity index (χ4n) is 3.11. The molecule has 2 aromatic heterocycles. The van der Waals surface area contributed by atoms with Crippen molar-refractivity contribution in [2.24, 2.45) is 0 Å². The Balaban J connectivity index is 1.71. The normalized spacial score (nSPS) is 10.8. The summed E-state index contributed by atoms with van der Waals surface area (Å²) in [4.78, 5) is 26.8. The van der Waals surface area contributed by atoms with E-state index in [1.165, 1.54) is 21.8 Å². The van der Waals surface area contributed by atoms with Crippen LogP contribution in [0.5, 0.6) is 0 Å². The van der Waals surface area contributed by atoms with Gasteiger partial charge in [0.2, 0.25) is 0 Å². The molecule has 0 aliphatic rings. The Kier molecular flexibility index (Phi) is 5.34. The van der Waals surface area contributed by atoms with E-state index in [1.54, 1.807) is 13.1 Å². The van der Waals surface area contributed by atoms with Gasteiger partial charge in [0.15, 0.2) is 11.6 Å². The molecule has 0 N–H and O–H groups in total. The molecule has 0 amide bonds. The highest BCUT2D eigenvalue weighted by Gasteiger charge is 2.15. The van der Waals surface area contributed by atoms with Crippen molar-refractivity contribution in [3.05, 3.63) is 109 Å². The molecule has 4 nitrogen and oxygen atoms in total. The summed E-state index contributed by atoms with van der Waals surface area (Å²) in [5, 5.41) is 0. The van der Waals surface area contributed by atoms with Crippen LogP contribution in [0.1, 0.15) is 21.6 Å². The number of aryl methyl sites for hydroxylation is 1. The number of benzene rings is 2. The van der Waals surface area contributed by atoms with Gasteiger partial charge in [0, 0.05) is 18.2 Å². The SMILES string of the molecule is Cc1c(=O)n(Cc2ccc(F)c(F)c2)c(=O)n2cc(C#CCc3ccccc3)sc12. The molecule has 0 saturated carbocycles. The van der Waals surface area contributed by atoms with Gasteiger partial charge in [-0.05, 0) is 30.2 Å². The van der Waals surface area contributed by atoms with Gasteiger partial charge in [0.25, 0.3) is 5.56 Å². The molecule has 0 aliphatic carbocycles. The van der Waals surface area contributed by atoms with Gasteiger partial charge in [-0.3, -0.25) is 13.8 Å². The molecule has 0 radical (unpaired) electrons. The van der Waals surface area contributed by atoms with Crippen LogP contribution < -0.4 is 11.2 Å². The van der Waals surface area contributed by atoms with E-state index in [1.807, 2.05) is 30.3 Å². The topological polar surface area (TPSA) is 43.5 Å². The quantitative estimate of drug-likeness (QED) is 0.472. The predicted molar refractivity (Wildman–Crippen MR) is 113 cm³/mol. The fraction of sp³-hybridized carbons (Fsp3) is 0.130. The van der Waals surface area contributed by atoms with E-state index in [0.29, 0.717) is 27.3 Å². The van der Waals surface area contributed by atoms with E-state index in [0.717, 1.165) is 22.3 Å². The molecule has 2 aromatic carbocycles. The van der Waals surface area contributed by atoms with Gasteiger partial charge < -0.3 is 0 Å². The van der Waals surface area contributed by atoms with Crippen LogP contribution in [0.3, 0.4) is 0 Å². The predicted octanol–water partition coefficient (Wildman–Crippen LogP) is 3.75. The van der Waals surface area contributed by atoms with E-state index in [2.05, 4.69) is 11.8 Å². The van der Waals surface area contributed by atoms with E-state index in [4.69, 9.17) is 0 Å². The number of halogens is 2. The first kappa shape index (κ1) is 19.8. The number of nitrogens with zero attached hydrogens (tertiary/aromatic N) is 2. The first-order valence-corrected chi connectivity index (χ1v) is 9.98. The summed E-state index contributed by atoms with van der Waals surface area (Å²) in [6.45, 7) is 1.49. The number of hydrogen-bond donors (Lipinski definition) is 0. The van der Waals surface area contributed by atoms with Crippen molar-refractivity contribution in [1.29, 1.82) is 0 Å². The fourth-order valence-corrected chi connectivity index (χ4v) is 4.07. The summed E-state index contributed by atoms with van der Waals surface area (Å²) < 4.78 is 29.1. The van der Waals surface area contributed by atoms with Gasteiger partial charge in [0.05, 0.1) is 11.4 Å². The van der Waals surface area contributed by atoms with Crippen molar-refractivity contribution in [2.45, 2.75) is 19.9 Å². The number of rotatable bonds is 3. The molecular weight excluding hydrogens is 406 g/mol. The molecule has 0 bridgehead atoms. The van der Waals surface area contributed by atoms with Crippen LogP contribution in [0.25, 0.3) is 4.83 Å². The van der Waals surface area contributed by atoms with E-state index in [9.17, 15) is 18.4 Å². The number of fused-ring (bicyclic) bond motifs is 1. The summed E-state index contributed by atoms with van der Waals surface area (Å²) in [5.74, 6) is 4.12. The lowest BCUT2D eigenvalue weighted by atomic mass is 10.2. The standard InChI is InChI=1S/C23H16F2N2O2S/c1-15-21(28)26(13-17-10-11-19(24)20(25)12-17)23(29)27-14-18(30-22(15)27)9-5-8-16-6-3-2-4-7-16/h2-4,6-7,10-12,14H,8,13H2,1H3. The van der Waals surface area contributed by atoms with E-state index >= 15 is 0 Å². The first-order valence-electron chi connectivity index (χ1n) is 9.16. The lowest BCUT2D eigenvalue weighted by Gasteiger charge is -2.08. The van der Waals surface area contributed by atoms with Gasteiger partial charge in [-0.2, -0.15) is 0 Å².